The van der Waals surface area contributed by atoms with Crippen LogP contribution in [-0.4, -0.2) is 85.0 Å². The number of hydrogen-bond acceptors (Lipinski definition) is 11. The molecule has 0 radical (unpaired) electrons. The molecule has 7 N–H and O–H groups in total. The van der Waals surface area contributed by atoms with E-state index < -0.39 is 64.3 Å². The van der Waals surface area contributed by atoms with Crippen LogP contribution in [0.2, 0.25) is 0 Å². The highest BCUT2D eigenvalue weighted by molar-refractivity contribution is 5.65. The highest BCUT2D eigenvalue weighted by Crippen LogP contribution is 2.30. The predicted octanol–water partition coefficient (Wildman–Crippen LogP) is -1.20. The monoisotopic (exact) mass is 440 g/mol. The molecule has 13 heteroatoms. The molecule has 6 atom stereocenters. The lowest BCUT2D eigenvalue weighted by Crippen LogP contribution is -2.56. The van der Waals surface area contributed by atoms with Gasteiger partial charge in [-0.1, -0.05) is 12.2 Å². The van der Waals surface area contributed by atoms with E-state index in [-0.39, 0.29) is 17.8 Å². The summed E-state index contributed by atoms with van der Waals surface area (Å²) in [5, 5.41) is 77.3. The molecule has 0 heterocycles. The van der Waals surface area contributed by atoms with Gasteiger partial charge >= 0.3 is 0 Å². The first-order chi connectivity index (χ1) is 14.6. The zero-order valence-corrected chi connectivity index (χ0v) is 16.2. The Labute approximate surface area is 176 Å². The summed E-state index contributed by atoms with van der Waals surface area (Å²) in [5.41, 5.74) is -1.05. The summed E-state index contributed by atoms with van der Waals surface area (Å²) < 4.78 is 0. The van der Waals surface area contributed by atoms with Crippen molar-refractivity contribution in [2.75, 3.05) is 18.5 Å². The number of benzene rings is 1. The van der Waals surface area contributed by atoms with E-state index in [1.54, 1.807) is 0 Å². The molecule has 1 aromatic rings. The first kappa shape index (κ1) is 24.3. The maximum absolute atomic E-state index is 11.3. The van der Waals surface area contributed by atoms with Gasteiger partial charge in [-0.15, -0.1) is 6.58 Å². The van der Waals surface area contributed by atoms with Gasteiger partial charge < -0.3 is 36.2 Å². The Balaban J connectivity index is 2.24. The SMILES string of the molecule is C=C[C@@H](O)C(CNC1C=C(CO)C(O)C(O)[C@H]1O)Nc1ccc([N+](=O)[O-])cc1[N+](=O)[O-]. The highest BCUT2D eigenvalue weighted by atomic mass is 16.6. The van der Waals surface area contributed by atoms with Crippen LogP contribution in [0.3, 0.4) is 0 Å². The second-order valence-corrected chi connectivity index (χ2v) is 6.95. The Morgan fingerprint density at radius 2 is 1.84 bits per heavy atom. The minimum absolute atomic E-state index is 0.0884. The number of hydrogen-bond donors (Lipinski definition) is 7. The molecule has 0 amide bonds. The summed E-state index contributed by atoms with van der Waals surface area (Å²) in [5.74, 6) is 0. The molecule has 170 valence electrons. The third-order valence-electron chi connectivity index (χ3n) is 4.95. The lowest BCUT2D eigenvalue weighted by molar-refractivity contribution is -0.393. The average molecular weight is 440 g/mol. The van der Waals surface area contributed by atoms with Crippen molar-refractivity contribution < 1.29 is 35.4 Å². The quantitative estimate of drug-likeness (QED) is 0.130. The van der Waals surface area contributed by atoms with E-state index in [1.165, 1.54) is 12.2 Å². The van der Waals surface area contributed by atoms with Crippen LogP contribution >= 0.6 is 0 Å². The molecule has 31 heavy (non-hydrogen) atoms. The number of nitrogens with one attached hydrogen (secondary N) is 2. The summed E-state index contributed by atoms with van der Waals surface area (Å²) in [6.07, 6.45) is -3.14. The van der Waals surface area contributed by atoms with Gasteiger partial charge in [-0.25, -0.2) is 0 Å². The Morgan fingerprint density at radius 3 is 2.39 bits per heavy atom. The van der Waals surface area contributed by atoms with E-state index in [2.05, 4.69) is 17.2 Å². The van der Waals surface area contributed by atoms with Crippen molar-refractivity contribution in [2.24, 2.45) is 0 Å². The van der Waals surface area contributed by atoms with Gasteiger partial charge in [-0.2, -0.15) is 0 Å². The van der Waals surface area contributed by atoms with Crippen LogP contribution < -0.4 is 10.6 Å². The topological polar surface area (TPSA) is 211 Å². The zero-order chi connectivity index (χ0) is 23.3. The number of rotatable bonds is 10. The summed E-state index contributed by atoms with van der Waals surface area (Å²) in [4.78, 5) is 20.6. The molecule has 0 saturated heterocycles. The molecule has 1 aromatic carbocycles. The minimum atomic E-state index is -1.56. The molecule has 1 aliphatic carbocycles. The molecule has 0 aromatic heterocycles. The molecule has 2 rings (SSSR count). The van der Waals surface area contributed by atoms with Crippen LogP contribution in [0.15, 0.2) is 42.5 Å². The van der Waals surface area contributed by atoms with Crippen LogP contribution in [0.4, 0.5) is 17.1 Å². The maximum atomic E-state index is 11.3. The van der Waals surface area contributed by atoms with Gasteiger partial charge in [0.25, 0.3) is 11.4 Å². The number of nitro groups is 2. The summed E-state index contributed by atoms with van der Waals surface area (Å²) in [7, 11) is 0. The van der Waals surface area contributed by atoms with Gasteiger partial charge in [-0.3, -0.25) is 20.2 Å². The highest BCUT2D eigenvalue weighted by Gasteiger charge is 2.37. The van der Waals surface area contributed by atoms with E-state index in [4.69, 9.17) is 0 Å². The summed E-state index contributed by atoms with van der Waals surface area (Å²) in [6, 6.07) is 1.15. The van der Waals surface area contributed by atoms with Gasteiger partial charge in [0.2, 0.25) is 0 Å². The second-order valence-electron chi connectivity index (χ2n) is 6.95. The fraction of sp³-hybridized carbons (Fsp3) is 0.444. The lowest BCUT2D eigenvalue weighted by atomic mass is 9.88. The molecule has 4 unspecified atom stereocenters. The molecular formula is C18H24N4O9. The van der Waals surface area contributed by atoms with E-state index in [0.717, 1.165) is 18.2 Å². The van der Waals surface area contributed by atoms with E-state index in [1.807, 2.05) is 0 Å². The van der Waals surface area contributed by atoms with Crippen LogP contribution in [0, 0.1) is 20.2 Å². The van der Waals surface area contributed by atoms with Crippen LogP contribution in [0.1, 0.15) is 0 Å². The molecule has 0 bridgehead atoms. The molecule has 1 aliphatic rings. The normalized spacial score (nSPS) is 25.3. The van der Waals surface area contributed by atoms with Crippen molar-refractivity contribution >= 4 is 17.1 Å². The van der Waals surface area contributed by atoms with Gasteiger partial charge in [0.05, 0.1) is 40.7 Å². The van der Waals surface area contributed by atoms with Crippen LogP contribution in [-0.2, 0) is 0 Å². The van der Waals surface area contributed by atoms with Gasteiger partial charge in [0.15, 0.2) is 0 Å². The Kier molecular flexibility index (Phi) is 8.15. The molecule has 0 aliphatic heterocycles. The second kappa shape index (κ2) is 10.4. The van der Waals surface area contributed by atoms with Crippen molar-refractivity contribution in [3.63, 3.8) is 0 Å². The van der Waals surface area contributed by atoms with Crippen LogP contribution in [0.25, 0.3) is 0 Å². The van der Waals surface area contributed by atoms with E-state index >= 15 is 0 Å². The lowest BCUT2D eigenvalue weighted by Gasteiger charge is -2.35. The van der Waals surface area contributed by atoms with Crippen LogP contribution in [0.5, 0.6) is 0 Å². The van der Waals surface area contributed by atoms with Crippen molar-refractivity contribution in [1.29, 1.82) is 0 Å². The molecule has 0 spiro atoms. The first-order valence-corrected chi connectivity index (χ1v) is 9.19. The van der Waals surface area contributed by atoms with E-state index in [0.29, 0.717) is 0 Å². The molecule has 13 nitrogen and oxygen atoms in total. The Bertz CT molecular complexity index is 862. The Morgan fingerprint density at radius 1 is 1.16 bits per heavy atom. The zero-order valence-electron chi connectivity index (χ0n) is 16.2. The smallest absolute Gasteiger partial charge is 0.299 e. The molecule has 0 saturated carbocycles. The number of anilines is 1. The minimum Gasteiger partial charge on any atom is -0.392 e. The molecule has 0 fully saturated rings. The van der Waals surface area contributed by atoms with Gasteiger partial charge in [0.1, 0.15) is 24.0 Å². The maximum Gasteiger partial charge on any atom is 0.299 e. The van der Waals surface area contributed by atoms with Crippen molar-refractivity contribution in [3.05, 3.63) is 62.7 Å². The predicted molar refractivity (Wildman–Crippen MR) is 108 cm³/mol. The fourth-order valence-corrected chi connectivity index (χ4v) is 3.16. The van der Waals surface area contributed by atoms with Gasteiger partial charge in [-0.05, 0) is 11.6 Å². The number of non-ortho nitro benzene ring substituents is 1. The number of nitrogens with zero attached hydrogens (tertiary/aromatic N) is 2. The summed E-state index contributed by atoms with van der Waals surface area (Å²) in [6.45, 7) is 2.81. The third kappa shape index (κ3) is 5.61. The average Bonchev–Trinajstić information content (AvgIpc) is 2.75. The van der Waals surface area contributed by atoms with Crippen molar-refractivity contribution in [1.82, 2.24) is 5.32 Å². The number of nitro benzene ring substituents is 2. The van der Waals surface area contributed by atoms with Gasteiger partial charge in [0, 0.05) is 12.6 Å². The largest absolute Gasteiger partial charge is 0.392 e. The fourth-order valence-electron chi connectivity index (χ4n) is 3.16. The third-order valence-corrected chi connectivity index (χ3v) is 4.95. The Hall–Kier alpha value is -2.94. The number of aliphatic hydroxyl groups is 5. The standard InChI is InChI=1S/C18H24N4O9/c1-2-15(24)13(7-19-12-5-9(8-23)16(25)18(27)17(12)26)20-11-4-3-10(21(28)29)6-14(11)22(30)31/h2-6,12-13,15-20,23-27H,1,7-8H2/t12?,13?,15-,16?,17+,18?/m1/s1. The summed E-state index contributed by atoms with van der Waals surface area (Å²) >= 11 is 0. The van der Waals surface area contributed by atoms with E-state index in [9.17, 15) is 45.8 Å². The molecular weight excluding hydrogens is 416 g/mol. The van der Waals surface area contributed by atoms with Crippen molar-refractivity contribution in [3.8, 4) is 0 Å². The first-order valence-electron chi connectivity index (χ1n) is 9.19. The van der Waals surface area contributed by atoms with Crippen molar-refractivity contribution in [2.45, 2.75) is 36.5 Å². The number of aliphatic hydroxyl groups excluding tert-OH is 5.